The Bertz CT molecular complexity index is 999. The third-order valence-electron chi connectivity index (χ3n) is 4.95. The van der Waals surface area contributed by atoms with Gasteiger partial charge in [-0.2, -0.15) is 0 Å². The van der Waals surface area contributed by atoms with Crippen LogP contribution in [0.2, 0.25) is 0 Å². The van der Waals surface area contributed by atoms with Crippen LogP contribution in [0.15, 0.2) is 54.7 Å². The number of nitrogens with zero attached hydrogens (tertiary/aromatic N) is 1. The van der Waals surface area contributed by atoms with Crippen LogP contribution in [0.1, 0.15) is 12.0 Å². The Morgan fingerprint density at radius 1 is 1.18 bits per heavy atom. The fourth-order valence-corrected chi connectivity index (χ4v) is 3.56. The summed E-state index contributed by atoms with van der Waals surface area (Å²) in [5.41, 5.74) is 2.86. The van der Waals surface area contributed by atoms with E-state index in [9.17, 15) is 14.0 Å². The second-order valence-corrected chi connectivity index (χ2v) is 6.89. The molecule has 1 aliphatic rings. The molecule has 1 atom stereocenters. The molecule has 1 fully saturated rings. The Balaban J connectivity index is 1.27. The molecular formula is C21H21FN4O2. The molecule has 3 aromatic rings. The van der Waals surface area contributed by atoms with E-state index in [-0.39, 0.29) is 30.2 Å². The summed E-state index contributed by atoms with van der Waals surface area (Å²) in [6.07, 6.45) is 2.90. The molecule has 1 aromatic heterocycles. The molecule has 3 amide bonds. The minimum Gasteiger partial charge on any atom is -0.361 e. The van der Waals surface area contributed by atoms with E-state index in [0.29, 0.717) is 25.2 Å². The van der Waals surface area contributed by atoms with Gasteiger partial charge in [0.1, 0.15) is 5.82 Å². The lowest BCUT2D eigenvalue weighted by Crippen LogP contribution is -2.43. The number of benzene rings is 2. The minimum atomic E-state index is -0.348. The number of carbonyl (C=O) groups excluding carboxylic acids is 2. The summed E-state index contributed by atoms with van der Waals surface area (Å²) in [6, 6.07) is 13.2. The van der Waals surface area contributed by atoms with E-state index in [2.05, 4.69) is 21.7 Å². The average Bonchev–Trinajstić information content (AvgIpc) is 3.26. The zero-order valence-corrected chi connectivity index (χ0v) is 15.2. The number of nitrogens with one attached hydrogen (secondary N) is 3. The van der Waals surface area contributed by atoms with Crippen LogP contribution in [0, 0.1) is 5.82 Å². The van der Waals surface area contributed by atoms with Crippen molar-refractivity contribution in [3.8, 4) is 0 Å². The van der Waals surface area contributed by atoms with Gasteiger partial charge in [0.15, 0.2) is 0 Å². The lowest BCUT2D eigenvalue weighted by atomic mass is 10.1. The maximum absolute atomic E-state index is 13.1. The summed E-state index contributed by atoms with van der Waals surface area (Å²) in [4.78, 5) is 29.2. The van der Waals surface area contributed by atoms with Crippen molar-refractivity contribution in [3.05, 3.63) is 66.1 Å². The number of amides is 3. The predicted molar refractivity (Wildman–Crippen MR) is 106 cm³/mol. The van der Waals surface area contributed by atoms with E-state index >= 15 is 0 Å². The number of hydrogen-bond acceptors (Lipinski definition) is 2. The summed E-state index contributed by atoms with van der Waals surface area (Å²) in [6.45, 7) is 0.871. The van der Waals surface area contributed by atoms with Crippen LogP contribution in [0.4, 0.5) is 14.9 Å². The first-order valence-corrected chi connectivity index (χ1v) is 9.25. The highest BCUT2D eigenvalue weighted by Crippen LogP contribution is 2.22. The molecule has 1 aliphatic heterocycles. The number of halogens is 1. The largest absolute Gasteiger partial charge is 0.361 e. The summed E-state index contributed by atoms with van der Waals surface area (Å²) in [5, 5.41) is 6.84. The average molecular weight is 380 g/mol. The van der Waals surface area contributed by atoms with Gasteiger partial charge in [-0.3, -0.25) is 4.79 Å². The van der Waals surface area contributed by atoms with Crippen LogP contribution in [-0.4, -0.2) is 36.1 Å². The molecule has 6 nitrogen and oxygen atoms in total. The highest BCUT2D eigenvalue weighted by Gasteiger charge is 2.31. The van der Waals surface area contributed by atoms with E-state index in [1.54, 1.807) is 17.0 Å². The van der Waals surface area contributed by atoms with Gasteiger partial charge >= 0.3 is 6.03 Å². The van der Waals surface area contributed by atoms with E-state index < -0.39 is 0 Å². The van der Waals surface area contributed by atoms with Gasteiger partial charge in [-0.05, 0) is 42.3 Å². The molecule has 0 aliphatic carbocycles. The number of aromatic nitrogens is 1. The first kappa shape index (κ1) is 18.0. The van der Waals surface area contributed by atoms with Gasteiger partial charge in [0.25, 0.3) is 0 Å². The Kier molecular flexibility index (Phi) is 4.97. The van der Waals surface area contributed by atoms with Gasteiger partial charge in [0.05, 0.1) is 6.04 Å². The van der Waals surface area contributed by atoms with Crippen molar-refractivity contribution in [2.45, 2.75) is 18.9 Å². The van der Waals surface area contributed by atoms with E-state index in [1.165, 1.54) is 12.1 Å². The number of para-hydroxylation sites is 1. The molecule has 3 N–H and O–H groups in total. The minimum absolute atomic E-state index is 0.0873. The number of hydrogen-bond donors (Lipinski definition) is 3. The number of H-pyrrole nitrogens is 1. The van der Waals surface area contributed by atoms with Gasteiger partial charge in [-0.15, -0.1) is 0 Å². The monoisotopic (exact) mass is 380 g/mol. The van der Waals surface area contributed by atoms with Crippen LogP contribution in [-0.2, 0) is 11.2 Å². The topological polar surface area (TPSA) is 77.2 Å². The molecule has 4 rings (SSSR count). The normalized spacial score (nSPS) is 16.5. The molecule has 0 saturated carbocycles. The number of rotatable bonds is 5. The third-order valence-corrected chi connectivity index (χ3v) is 4.95. The van der Waals surface area contributed by atoms with Crippen LogP contribution >= 0.6 is 0 Å². The quantitative estimate of drug-likeness (QED) is 0.636. The predicted octanol–water partition coefficient (Wildman–Crippen LogP) is 2.95. The molecule has 28 heavy (non-hydrogen) atoms. The number of urea groups is 1. The van der Waals surface area contributed by atoms with E-state index in [0.717, 1.165) is 16.5 Å². The van der Waals surface area contributed by atoms with Crippen LogP contribution < -0.4 is 15.5 Å². The van der Waals surface area contributed by atoms with Crippen molar-refractivity contribution in [2.75, 3.05) is 18.0 Å². The smallest absolute Gasteiger partial charge is 0.315 e. The fourth-order valence-electron chi connectivity index (χ4n) is 3.56. The standard InChI is InChI=1S/C21H21FN4O2/c22-15-5-7-17(8-6-15)26-13-16(11-20(26)27)25-21(28)23-10-9-14-12-24-19-4-2-1-3-18(14)19/h1-8,12,16,24H,9-11,13H2,(H2,23,25,28)/t16-/m0/s1. The van der Waals surface area contributed by atoms with Gasteiger partial charge in [-0.25, -0.2) is 9.18 Å². The van der Waals surface area contributed by atoms with Gasteiger partial charge in [-0.1, -0.05) is 18.2 Å². The van der Waals surface area contributed by atoms with Gasteiger partial charge in [0, 0.05) is 42.3 Å². The molecule has 2 heterocycles. The molecule has 0 bridgehead atoms. The summed E-state index contributed by atoms with van der Waals surface area (Å²) < 4.78 is 13.1. The van der Waals surface area contributed by atoms with Crippen molar-refractivity contribution >= 4 is 28.5 Å². The molecule has 2 aromatic carbocycles. The highest BCUT2D eigenvalue weighted by atomic mass is 19.1. The number of anilines is 1. The molecule has 0 unspecified atom stereocenters. The maximum atomic E-state index is 13.1. The fraction of sp³-hybridized carbons (Fsp3) is 0.238. The van der Waals surface area contributed by atoms with Crippen molar-refractivity contribution < 1.29 is 14.0 Å². The van der Waals surface area contributed by atoms with Crippen LogP contribution in [0.25, 0.3) is 10.9 Å². The lowest BCUT2D eigenvalue weighted by Gasteiger charge is -2.17. The first-order valence-electron chi connectivity index (χ1n) is 9.25. The molecular weight excluding hydrogens is 359 g/mol. The molecule has 144 valence electrons. The molecule has 0 spiro atoms. The number of carbonyl (C=O) groups is 2. The highest BCUT2D eigenvalue weighted by molar-refractivity contribution is 5.96. The Hall–Kier alpha value is -3.35. The molecule has 0 radical (unpaired) electrons. The van der Waals surface area contributed by atoms with Crippen molar-refractivity contribution in [1.82, 2.24) is 15.6 Å². The van der Waals surface area contributed by atoms with E-state index in [4.69, 9.17) is 0 Å². The van der Waals surface area contributed by atoms with E-state index in [1.807, 2.05) is 24.4 Å². The summed E-state index contributed by atoms with van der Waals surface area (Å²) >= 11 is 0. The maximum Gasteiger partial charge on any atom is 0.315 e. The lowest BCUT2D eigenvalue weighted by molar-refractivity contribution is -0.117. The van der Waals surface area contributed by atoms with Gasteiger partial charge in [0.2, 0.25) is 5.91 Å². The van der Waals surface area contributed by atoms with Crippen molar-refractivity contribution in [2.24, 2.45) is 0 Å². The SMILES string of the molecule is O=C(NCCc1c[nH]c2ccccc12)N[C@H]1CC(=O)N(c2ccc(F)cc2)C1. The third kappa shape index (κ3) is 3.83. The van der Waals surface area contributed by atoms with Gasteiger partial charge < -0.3 is 20.5 Å². The second kappa shape index (κ2) is 7.72. The van der Waals surface area contributed by atoms with Crippen molar-refractivity contribution in [3.63, 3.8) is 0 Å². The van der Waals surface area contributed by atoms with Crippen LogP contribution in [0.5, 0.6) is 0 Å². The Labute approximate surface area is 161 Å². The Morgan fingerprint density at radius 3 is 2.79 bits per heavy atom. The summed E-state index contributed by atoms with van der Waals surface area (Å²) in [5.74, 6) is -0.435. The summed E-state index contributed by atoms with van der Waals surface area (Å²) in [7, 11) is 0. The number of fused-ring (bicyclic) bond motifs is 1. The molecule has 1 saturated heterocycles. The Morgan fingerprint density at radius 2 is 1.96 bits per heavy atom. The van der Waals surface area contributed by atoms with Crippen LogP contribution in [0.3, 0.4) is 0 Å². The number of aromatic amines is 1. The van der Waals surface area contributed by atoms with Crippen molar-refractivity contribution in [1.29, 1.82) is 0 Å². The first-order chi connectivity index (χ1) is 13.6. The zero-order chi connectivity index (χ0) is 19.5. The molecule has 7 heteroatoms. The second-order valence-electron chi connectivity index (χ2n) is 6.89. The zero-order valence-electron chi connectivity index (χ0n) is 15.2.